The summed E-state index contributed by atoms with van der Waals surface area (Å²) in [4.78, 5) is 28.6. The van der Waals surface area contributed by atoms with Gasteiger partial charge >= 0.3 is 18.1 Å². The van der Waals surface area contributed by atoms with Crippen molar-refractivity contribution in [2.75, 3.05) is 13.1 Å². The number of pyridine rings is 1. The number of halogens is 3. The van der Waals surface area contributed by atoms with Gasteiger partial charge in [-0.3, -0.25) is 9.78 Å². The molecule has 2 aromatic rings. The van der Waals surface area contributed by atoms with Crippen molar-refractivity contribution in [1.29, 1.82) is 0 Å². The van der Waals surface area contributed by atoms with Crippen molar-refractivity contribution in [2.24, 2.45) is 11.3 Å². The molecule has 0 bridgehead atoms. The fraction of sp³-hybridized carbons (Fsp3) is 0.600. The van der Waals surface area contributed by atoms with Gasteiger partial charge in [0.2, 0.25) is 0 Å². The number of esters is 2. The zero-order chi connectivity index (χ0) is 23.5. The lowest BCUT2D eigenvalue weighted by molar-refractivity contribution is -0.204. The highest BCUT2D eigenvalue weighted by Gasteiger charge is 2.47. The average Bonchev–Trinajstić information content (AvgIpc) is 3.40. The van der Waals surface area contributed by atoms with Crippen molar-refractivity contribution >= 4 is 11.9 Å². The van der Waals surface area contributed by atoms with Crippen molar-refractivity contribution < 1.29 is 27.5 Å². The first kappa shape index (κ1) is 23.8. The highest BCUT2D eigenvalue weighted by Crippen LogP contribution is 2.40. The molecule has 2 N–H and O–H groups in total. The number of carbonyl (C=O) groups excluding carboxylic acids is 2. The van der Waals surface area contributed by atoms with Crippen molar-refractivity contribution in [1.82, 2.24) is 30.9 Å². The van der Waals surface area contributed by atoms with Gasteiger partial charge in [0.25, 0.3) is 0 Å². The van der Waals surface area contributed by atoms with Crippen LogP contribution in [0, 0.1) is 11.3 Å². The third kappa shape index (κ3) is 5.67. The number of ether oxygens (including phenoxy) is 1. The van der Waals surface area contributed by atoms with Crippen molar-refractivity contribution in [3.63, 3.8) is 0 Å². The number of nitrogens with zero attached hydrogens (tertiary/aromatic N) is 4. The first-order chi connectivity index (χ1) is 15.0. The van der Waals surface area contributed by atoms with Crippen LogP contribution in [0.3, 0.4) is 0 Å². The van der Waals surface area contributed by atoms with E-state index in [0.29, 0.717) is 5.92 Å². The Hall–Kier alpha value is -2.89. The summed E-state index contributed by atoms with van der Waals surface area (Å²) in [6.07, 6.45) is -2.42. The lowest BCUT2D eigenvalue weighted by Gasteiger charge is -2.33. The summed E-state index contributed by atoms with van der Waals surface area (Å²) in [6.45, 7) is 6.79. The maximum atomic E-state index is 12.8. The summed E-state index contributed by atoms with van der Waals surface area (Å²) in [5, 5.41) is 16.8. The minimum atomic E-state index is -5.28. The number of hydrogen-bond acceptors (Lipinski definition) is 8. The normalized spacial score (nSPS) is 18.9. The van der Waals surface area contributed by atoms with Crippen LogP contribution in [-0.4, -0.2) is 56.8 Å². The van der Waals surface area contributed by atoms with Crippen molar-refractivity contribution in [3.8, 4) is 0 Å². The summed E-state index contributed by atoms with van der Waals surface area (Å²) < 4.78 is 42.2. The molecular weight excluding hydrogens is 429 g/mol. The quantitative estimate of drug-likeness (QED) is 0.504. The molecule has 0 radical (unpaired) electrons. The minimum absolute atomic E-state index is 0.199. The molecule has 0 aromatic carbocycles. The molecule has 9 nitrogen and oxygen atoms in total. The zero-order valence-corrected chi connectivity index (χ0v) is 17.9. The van der Waals surface area contributed by atoms with Gasteiger partial charge in [0, 0.05) is 30.3 Å². The number of H-pyrrole nitrogens is 1. The van der Waals surface area contributed by atoms with E-state index in [1.165, 1.54) is 0 Å². The Morgan fingerprint density at radius 1 is 1.25 bits per heavy atom. The summed E-state index contributed by atoms with van der Waals surface area (Å²) >= 11 is 0. The molecule has 0 aliphatic carbocycles. The van der Waals surface area contributed by atoms with Gasteiger partial charge in [0.15, 0.2) is 5.82 Å². The molecule has 3 rings (SSSR count). The lowest BCUT2D eigenvalue weighted by atomic mass is 9.71. The van der Waals surface area contributed by atoms with E-state index < -0.39 is 35.4 Å². The minimum Gasteiger partial charge on any atom is -0.386 e. The van der Waals surface area contributed by atoms with Gasteiger partial charge < -0.3 is 10.1 Å². The van der Waals surface area contributed by atoms with E-state index in [1.807, 2.05) is 12.1 Å². The fourth-order valence-corrected chi connectivity index (χ4v) is 3.99. The first-order valence-corrected chi connectivity index (χ1v) is 10.2. The fourth-order valence-electron chi connectivity index (χ4n) is 3.99. The largest absolute Gasteiger partial charge is 0.491 e. The van der Waals surface area contributed by atoms with Crippen LogP contribution in [-0.2, 0) is 20.7 Å². The van der Waals surface area contributed by atoms with Crippen LogP contribution in [0.1, 0.15) is 56.1 Å². The Morgan fingerprint density at radius 3 is 2.50 bits per heavy atom. The summed E-state index contributed by atoms with van der Waals surface area (Å²) in [7, 11) is 0. The lowest BCUT2D eigenvalue weighted by Crippen LogP contribution is -2.40. The molecule has 0 amide bonds. The second-order valence-corrected chi connectivity index (χ2v) is 8.93. The number of nitrogens with one attached hydrogen (secondary N) is 2. The van der Waals surface area contributed by atoms with Crippen molar-refractivity contribution in [2.45, 2.75) is 51.6 Å². The Morgan fingerprint density at radius 2 is 2.00 bits per heavy atom. The molecule has 1 aliphatic rings. The number of hydrogen-bond donors (Lipinski definition) is 2. The molecule has 3 heterocycles. The second kappa shape index (κ2) is 9.31. The summed E-state index contributed by atoms with van der Waals surface area (Å²) in [5.41, 5.74) is 0.813. The predicted molar refractivity (Wildman–Crippen MR) is 105 cm³/mol. The first-order valence-electron chi connectivity index (χ1n) is 10.2. The number of alkyl halides is 3. The monoisotopic (exact) mass is 454 g/mol. The van der Waals surface area contributed by atoms with Crippen LogP contribution >= 0.6 is 0 Å². The Kier molecular flexibility index (Phi) is 6.91. The second-order valence-electron chi connectivity index (χ2n) is 8.93. The average molecular weight is 454 g/mol. The molecule has 174 valence electrons. The third-order valence-electron chi connectivity index (χ3n) is 5.51. The molecule has 2 aromatic heterocycles. The van der Waals surface area contributed by atoms with E-state index in [4.69, 9.17) is 0 Å². The van der Waals surface area contributed by atoms with Crippen LogP contribution in [0.25, 0.3) is 0 Å². The van der Waals surface area contributed by atoms with E-state index in [1.54, 1.807) is 27.0 Å². The molecule has 1 saturated heterocycles. The number of rotatable bonds is 6. The van der Waals surface area contributed by atoms with Crippen LogP contribution in [0.4, 0.5) is 13.2 Å². The smallest absolute Gasteiger partial charge is 0.386 e. The predicted octanol–water partition coefficient (Wildman–Crippen LogP) is 2.29. The number of carbonyl (C=O) groups is 2. The van der Waals surface area contributed by atoms with Crippen LogP contribution < -0.4 is 5.32 Å². The molecule has 1 fully saturated rings. The molecule has 3 atom stereocenters. The standard InChI is InChI=1S/C20H25F3N6O3/c1-19(2,3)15(17(30)32-18(31)20(21,22)23)13(16-26-28-29-27-16)8-11-4-5-14(25-9-11)12-6-7-24-10-12/h4-5,9,12-13,15,24H,6-8,10H2,1-3H3,(H,26,27,28,29)/t12?,13-,15?/m0/s1. The molecule has 0 spiro atoms. The maximum absolute atomic E-state index is 12.8. The SMILES string of the molecule is CC(C)(C)C(C(=O)OC(=O)C(F)(F)F)[C@H](Cc1ccc(C2CCNC2)nc1)c1nnn[nH]1. The molecule has 12 heteroatoms. The van der Waals surface area contributed by atoms with Gasteiger partial charge in [0.05, 0.1) is 5.92 Å². The number of aromatic nitrogens is 5. The Labute approximate surface area is 182 Å². The number of tetrazole rings is 1. The highest BCUT2D eigenvalue weighted by molar-refractivity contribution is 5.90. The molecule has 2 unspecified atom stereocenters. The van der Waals surface area contributed by atoms with E-state index in [-0.39, 0.29) is 12.2 Å². The van der Waals surface area contributed by atoms with E-state index in [9.17, 15) is 22.8 Å². The highest BCUT2D eigenvalue weighted by atomic mass is 19.4. The zero-order valence-electron chi connectivity index (χ0n) is 17.9. The number of aromatic amines is 1. The molecule has 32 heavy (non-hydrogen) atoms. The Bertz CT molecular complexity index is 920. The van der Waals surface area contributed by atoms with Gasteiger partial charge in [-0.05, 0) is 46.9 Å². The van der Waals surface area contributed by atoms with Gasteiger partial charge in [-0.2, -0.15) is 13.2 Å². The van der Waals surface area contributed by atoms with E-state index in [2.05, 4.69) is 35.7 Å². The van der Waals surface area contributed by atoms with Crippen molar-refractivity contribution in [3.05, 3.63) is 35.4 Å². The van der Waals surface area contributed by atoms with Gasteiger partial charge in [-0.15, -0.1) is 5.10 Å². The molecule has 0 saturated carbocycles. The van der Waals surface area contributed by atoms with Crippen LogP contribution in [0.2, 0.25) is 0 Å². The summed E-state index contributed by atoms with van der Waals surface area (Å²) in [5.74, 6) is -5.25. The van der Waals surface area contributed by atoms with Crippen LogP contribution in [0.5, 0.6) is 0 Å². The Balaban J connectivity index is 1.88. The molecule has 1 aliphatic heterocycles. The maximum Gasteiger partial charge on any atom is 0.491 e. The van der Waals surface area contributed by atoms with Gasteiger partial charge in [0.1, 0.15) is 0 Å². The van der Waals surface area contributed by atoms with E-state index in [0.717, 1.165) is 30.8 Å². The summed E-state index contributed by atoms with van der Waals surface area (Å²) in [6, 6.07) is 3.77. The topological polar surface area (TPSA) is 123 Å². The van der Waals surface area contributed by atoms with Gasteiger partial charge in [-0.25, -0.2) is 9.89 Å². The molecular formula is C20H25F3N6O3. The van der Waals surface area contributed by atoms with E-state index >= 15 is 0 Å². The third-order valence-corrected chi connectivity index (χ3v) is 5.51. The van der Waals surface area contributed by atoms with Gasteiger partial charge in [-0.1, -0.05) is 26.8 Å². The van der Waals surface area contributed by atoms with Crippen LogP contribution in [0.15, 0.2) is 18.3 Å².